The second-order valence-electron chi connectivity index (χ2n) is 8.33. The number of carbonyl (C=O) groups is 1. The van der Waals surface area contributed by atoms with Gasteiger partial charge in [0.05, 0.1) is 35.4 Å². The Kier molecular flexibility index (Phi) is 6.30. The number of aromatic amines is 1. The average Bonchev–Trinajstić information content (AvgIpc) is 3.23. The van der Waals surface area contributed by atoms with E-state index < -0.39 is 41.2 Å². The number of amides is 2. The van der Waals surface area contributed by atoms with Gasteiger partial charge in [0, 0.05) is 33.9 Å². The summed E-state index contributed by atoms with van der Waals surface area (Å²) in [5, 5.41) is 12.8. The number of hydrogen-bond acceptors (Lipinski definition) is 6. The van der Waals surface area contributed by atoms with Crippen molar-refractivity contribution in [2.75, 3.05) is 42.7 Å². The Labute approximate surface area is 196 Å². The molecular formula is C21H24F4N8O2. The molecule has 0 radical (unpaired) electrons. The molecule has 1 aliphatic rings. The number of nitrogens with zero attached hydrogens (tertiary/aromatic N) is 5. The van der Waals surface area contributed by atoms with Gasteiger partial charge in [-0.3, -0.25) is 9.89 Å². The molecule has 3 aromatic rings. The van der Waals surface area contributed by atoms with Gasteiger partial charge in [0.15, 0.2) is 11.5 Å². The molecule has 4 heterocycles. The number of alkyl halides is 4. The molecule has 188 valence electrons. The van der Waals surface area contributed by atoms with E-state index in [1.54, 1.807) is 18.1 Å². The molecule has 10 nitrogen and oxygen atoms in total. The minimum absolute atomic E-state index is 0.0203. The topological polar surface area (TPSA) is 111 Å². The normalized spacial score (nSPS) is 18.5. The molecule has 3 N–H and O–H groups in total. The molecule has 3 aromatic heterocycles. The molecule has 1 aliphatic heterocycles. The molecule has 2 atom stereocenters. The number of anilines is 3. The number of H-pyrrole nitrogens is 1. The summed E-state index contributed by atoms with van der Waals surface area (Å²) in [5.41, 5.74) is -1.15. The van der Waals surface area contributed by atoms with Gasteiger partial charge < -0.3 is 25.0 Å². The van der Waals surface area contributed by atoms with Crippen LogP contribution in [0.25, 0.3) is 11.0 Å². The Hall–Kier alpha value is -3.84. The van der Waals surface area contributed by atoms with E-state index in [1.165, 1.54) is 7.05 Å². The Morgan fingerprint density at radius 3 is 2.71 bits per heavy atom. The van der Waals surface area contributed by atoms with Gasteiger partial charge in [-0.2, -0.15) is 18.3 Å². The van der Waals surface area contributed by atoms with E-state index in [1.807, 2.05) is 6.07 Å². The van der Waals surface area contributed by atoms with Crippen molar-refractivity contribution in [3.05, 3.63) is 40.4 Å². The molecule has 0 aromatic carbocycles. The van der Waals surface area contributed by atoms with Crippen molar-refractivity contribution in [1.29, 1.82) is 0 Å². The van der Waals surface area contributed by atoms with E-state index in [2.05, 4.69) is 25.8 Å². The number of carbonyl (C=O) groups excluding carboxylic acids is 1. The first-order valence-corrected chi connectivity index (χ1v) is 10.7. The highest BCUT2D eigenvalue weighted by Crippen LogP contribution is 2.30. The molecule has 0 bridgehead atoms. The van der Waals surface area contributed by atoms with Gasteiger partial charge in [-0.1, -0.05) is 0 Å². The number of fused-ring (bicyclic) bond motifs is 1. The van der Waals surface area contributed by atoms with E-state index in [0.29, 0.717) is 36.0 Å². The maximum Gasteiger partial charge on any atom is 0.417 e. The minimum atomic E-state index is -4.70. The van der Waals surface area contributed by atoms with Crippen LogP contribution in [0.4, 0.5) is 39.5 Å². The van der Waals surface area contributed by atoms with Crippen molar-refractivity contribution in [2.24, 2.45) is 7.05 Å². The number of urea groups is 1. The van der Waals surface area contributed by atoms with Crippen molar-refractivity contribution in [2.45, 2.75) is 24.8 Å². The second kappa shape index (κ2) is 9.07. The van der Waals surface area contributed by atoms with Gasteiger partial charge in [0.25, 0.3) is 5.56 Å². The van der Waals surface area contributed by atoms with Crippen LogP contribution in [0.2, 0.25) is 0 Å². The summed E-state index contributed by atoms with van der Waals surface area (Å²) >= 11 is 0. The Morgan fingerprint density at radius 1 is 1.31 bits per heavy atom. The van der Waals surface area contributed by atoms with Gasteiger partial charge in [0.1, 0.15) is 11.9 Å². The minimum Gasteiger partial charge on any atom is -0.371 e. The monoisotopic (exact) mass is 496 g/mol. The van der Waals surface area contributed by atoms with Crippen LogP contribution >= 0.6 is 0 Å². The maximum absolute atomic E-state index is 15.2. The first kappa shape index (κ1) is 24.3. The highest BCUT2D eigenvalue weighted by Gasteiger charge is 2.36. The van der Waals surface area contributed by atoms with Crippen molar-refractivity contribution in [3.63, 3.8) is 0 Å². The zero-order valence-corrected chi connectivity index (χ0v) is 19.1. The zero-order valence-electron chi connectivity index (χ0n) is 19.1. The van der Waals surface area contributed by atoms with E-state index in [9.17, 15) is 22.8 Å². The summed E-state index contributed by atoms with van der Waals surface area (Å²) in [4.78, 5) is 32.1. The van der Waals surface area contributed by atoms with Crippen molar-refractivity contribution < 1.29 is 22.4 Å². The summed E-state index contributed by atoms with van der Waals surface area (Å²) in [5.74, 6) is 0.609. The number of nitrogens with one attached hydrogen (secondary N) is 3. The third-order valence-electron chi connectivity index (χ3n) is 6.08. The van der Waals surface area contributed by atoms with Gasteiger partial charge in [0.2, 0.25) is 0 Å². The van der Waals surface area contributed by atoms with Crippen molar-refractivity contribution in [3.8, 4) is 0 Å². The predicted octanol–water partition coefficient (Wildman–Crippen LogP) is 2.80. The summed E-state index contributed by atoms with van der Waals surface area (Å²) in [7, 11) is 4.22. The van der Waals surface area contributed by atoms with Crippen LogP contribution in [0.3, 0.4) is 0 Å². The van der Waals surface area contributed by atoms with E-state index in [-0.39, 0.29) is 13.0 Å². The molecule has 1 fully saturated rings. The maximum atomic E-state index is 15.2. The first-order valence-electron chi connectivity index (χ1n) is 10.7. The van der Waals surface area contributed by atoms with Crippen LogP contribution in [0, 0.1) is 0 Å². The molecule has 2 amide bonds. The Bertz CT molecular complexity index is 1300. The number of aryl methyl sites for hydroxylation is 1. The second-order valence-corrected chi connectivity index (χ2v) is 8.33. The SMILES string of the molecule is CNc1n[nH]c2ncc(N3CC[C@H](N(C)C(=O)Nc4cc(C(F)(F)F)cn(C)c4=O)[C@@H](F)C3)cc12. The van der Waals surface area contributed by atoms with Gasteiger partial charge in [-0.05, 0) is 18.6 Å². The number of aromatic nitrogens is 4. The summed E-state index contributed by atoms with van der Waals surface area (Å²) in [6, 6.07) is 0.703. The van der Waals surface area contributed by atoms with E-state index >= 15 is 4.39 Å². The third kappa shape index (κ3) is 4.72. The largest absolute Gasteiger partial charge is 0.417 e. The molecular weight excluding hydrogens is 472 g/mol. The lowest BCUT2D eigenvalue weighted by atomic mass is 10.0. The quantitative estimate of drug-likeness (QED) is 0.479. The van der Waals surface area contributed by atoms with Gasteiger partial charge in [-0.15, -0.1) is 0 Å². The van der Waals surface area contributed by atoms with Crippen LogP contribution in [-0.4, -0.2) is 70.1 Å². The molecule has 14 heteroatoms. The van der Waals surface area contributed by atoms with Gasteiger partial charge >= 0.3 is 12.2 Å². The number of hydrogen-bond donors (Lipinski definition) is 3. The molecule has 1 saturated heterocycles. The Balaban J connectivity index is 1.46. The van der Waals surface area contributed by atoms with Crippen molar-refractivity contribution in [1.82, 2.24) is 24.6 Å². The van der Waals surface area contributed by atoms with Crippen LogP contribution in [-0.2, 0) is 13.2 Å². The lowest BCUT2D eigenvalue weighted by molar-refractivity contribution is -0.138. The summed E-state index contributed by atoms with van der Waals surface area (Å²) in [6.07, 6.45) is -3.64. The molecule has 0 spiro atoms. The molecule has 35 heavy (non-hydrogen) atoms. The van der Waals surface area contributed by atoms with Crippen molar-refractivity contribution >= 4 is 34.3 Å². The van der Waals surface area contributed by atoms with Crippen LogP contribution in [0.5, 0.6) is 0 Å². The summed E-state index contributed by atoms with van der Waals surface area (Å²) in [6.45, 7) is 0.390. The zero-order chi connectivity index (χ0) is 25.5. The smallest absolute Gasteiger partial charge is 0.371 e. The number of piperidine rings is 1. The average molecular weight is 496 g/mol. The fourth-order valence-electron chi connectivity index (χ4n) is 4.13. The number of rotatable bonds is 4. The molecule has 0 unspecified atom stereocenters. The summed E-state index contributed by atoms with van der Waals surface area (Å²) < 4.78 is 55.2. The lowest BCUT2D eigenvalue weighted by Crippen LogP contribution is -2.54. The highest BCUT2D eigenvalue weighted by molar-refractivity contribution is 5.90. The fourth-order valence-corrected chi connectivity index (χ4v) is 4.13. The van der Waals surface area contributed by atoms with Gasteiger partial charge in [-0.25, -0.2) is 14.2 Å². The lowest BCUT2D eigenvalue weighted by Gasteiger charge is -2.39. The fraction of sp³-hybridized carbons (Fsp3) is 0.429. The molecule has 0 saturated carbocycles. The molecule has 0 aliphatic carbocycles. The standard InChI is InChI=1S/C21H24F4N8O2/c1-26-17-13-7-12(8-27-18(13)30-29-17)33-5-4-16(14(22)10-33)32(3)20(35)28-15-6-11(21(23,24)25)9-31(2)19(15)34/h6-9,14,16H,4-5,10H2,1-3H3,(H,28,35)(H2,26,27,29,30)/t14-,16-/m0/s1. The third-order valence-corrected chi connectivity index (χ3v) is 6.08. The predicted molar refractivity (Wildman–Crippen MR) is 122 cm³/mol. The number of pyridine rings is 2. The van der Waals surface area contributed by atoms with Crippen LogP contribution < -0.4 is 21.1 Å². The van der Waals surface area contributed by atoms with Crippen LogP contribution in [0.1, 0.15) is 12.0 Å². The highest BCUT2D eigenvalue weighted by atomic mass is 19.4. The number of halogens is 4. The van der Waals surface area contributed by atoms with E-state index in [4.69, 9.17) is 0 Å². The first-order chi connectivity index (χ1) is 16.5. The molecule has 4 rings (SSSR count). The van der Waals surface area contributed by atoms with E-state index in [0.717, 1.165) is 21.9 Å². The Morgan fingerprint density at radius 2 is 2.06 bits per heavy atom. The van der Waals surface area contributed by atoms with Crippen LogP contribution in [0.15, 0.2) is 29.3 Å².